The first kappa shape index (κ1) is 13.6. The van der Waals surface area contributed by atoms with Gasteiger partial charge in [-0.05, 0) is 25.0 Å². The lowest BCUT2D eigenvalue weighted by Gasteiger charge is -2.25. The van der Waals surface area contributed by atoms with Crippen LogP contribution in [0.2, 0.25) is 0 Å². The van der Waals surface area contributed by atoms with Crippen molar-refractivity contribution < 1.29 is 14.3 Å². The number of carbonyl (C=O) groups is 1. The maximum atomic E-state index is 13.2. The van der Waals surface area contributed by atoms with Crippen molar-refractivity contribution in [1.82, 2.24) is 10.3 Å². The van der Waals surface area contributed by atoms with Crippen LogP contribution in [0.1, 0.15) is 37.0 Å². The van der Waals surface area contributed by atoms with Gasteiger partial charge in [-0.2, -0.15) is 4.39 Å². The van der Waals surface area contributed by atoms with Gasteiger partial charge in [0.25, 0.3) is 5.91 Å². The topological polar surface area (TPSA) is 62.2 Å². The van der Waals surface area contributed by atoms with Crippen molar-refractivity contribution in [3.8, 4) is 0 Å². The summed E-state index contributed by atoms with van der Waals surface area (Å²) in [4.78, 5) is 15.0. The molecule has 2 N–H and O–H groups in total. The van der Waals surface area contributed by atoms with Crippen LogP contribution >= 0.6 is 0 Å². The minimum absolute atomic E-state index is 0.104. The van der Waals surface area contributed by atoms with Gasteiger partial charge >= 0.3 is 0 Å². The van der Waals surface area contributed by atoms with Crippen molar-refractivity contribution in [2.24, 2.45) is 0 Å². The van der Waals surface area contributed by atoms with Crippen LogP contribution < -0.4 is 5.32 Å². The predicted octanol–water partition coefficient (Wildman–Crippen LogP) is 1.50. The van der Waals surface area contributed by atoms with Crippen molar-refractivity contribution in [2.45, 2.75) is 32.3 Å². The molecule has 0 spiro atoms. The Morgan fingerprint density at radius 3 is 2.71 bits per heavy atom. The molecule has 0 fully saturated rings. The van der Waals surface area contributed by atoms with E-state index in [1.54, 1.807) is 0 Å². The highest BCUT2D eigenvalue weighted by Crippen LogP contribution is 2.13. The zero-order chi connectivity index (χ0) is 12.9. The van der Waals surface area contributed by atoms with E-state index < -0.39 is 17.5 Å². The first-order chi connectivity index (χ1) is 8.02. The van der Waals surface area contributed by atoms with Crippen LogP contribution in [0.5, 0.6) is 0 Å². The van der Waals surface area contributed by atoms with Gasteiger partial charge in [0.1, 0.15) is 0 Å². The largest absolute Gasteiger partial charge is 0.388 e. The average molecular weight is 240 g/mol. The number of nitrogens with zero attached hydrogens (tertiary/aromatic N) is 1. The Morgan fingerprint density at radius 1 is 1.53 bits per heavy atom. The molecule has 4 nitrogen and oxygen atoms in total. The number of hydrogen-bond donors (Lipinski definition) is 2. The zero-order valence-electron chi connectivity index (χ0n) is 10.0. The second kappa shape index (κ2) is 5.72. The molecule has 0 bridgehead atoms. The molecule has 0 aliphatic rings. The fourth-order valence-electron chi connectivity index (χ4n) is 1.40. The lowest BCUT2D eigenvalue weighted by Crippen LogP contribution is -2.42. The fraction of sp³-hybridized carbons (Fsp3) is 0.500. The molecule has 5 heteroatoms. The van der Waals surface area contributed by atoms with E-state index in [1.807, 2.05) is 13.8 Å². The molecule has 0 saturated carbocycles. The van der Waals surface area contributed by atoms with E-state index in [0.717, 1.165) is 0 Å². The molecule has 94 valence electrons. The summed E-state index contributed by atoms with van der Waals surface area (Å²) in [6.07, 6.45) is 2.33. The highest BCUT2D eigenvalue weighted by Gasteiger charge is 2.23. The molecule has 1 aromatic rings. The Hall–Kier alpha value is -1.49. The van der Waals surface area contributed by atoms with Crippen LogP contribution in [0.4, 0.5) is 4.39 Å². The molecular weight excluding hydrogens is 223 g/mol. The van der Waals surface area contributed by atoms with E-state index in [4.69, 9.17) is 0 Å². The summed E-state index contributed by atoms with van der Waals surface area (Å²) in [5, 5.41) is 12.5. The Kier molecular flexibility index (Phi) is 4.57. The number of nitrogens with one attached hydrogen (secondary N) is 1. The number of rotatable bonds is 5. The van der Waals surface area contributed by atoms with Gasteiger partial charge in [-0.1, -0.05) is 13.8 Å². The predicted molar refractivity (Wildman–Crippen MR) is 62.1 cm³/mol. The molecule has 17 heavy (non-hydrogen) atoms. The number of carbonyl (C=O) groups excluding carboxylic acids is 1. The highest BCUT2D eigenvalue weighted by atomic mass is 19.1. The van der Waals surface area contributed by atoms with E-state index in [9.17, 15) is 14.3 Å². The second-order valence-corrected chi connectivity index (χ2v) is 3.96. The van der Waals surface area contributed by atoms with Gasteiger partial charge in [0.15, 0.2) is 0 Å². The van der Waals surface area contributed by atoms with Crippen LogP contribution in [0.15, 0.2) is 18.3 Å². The zero-order valence-corrected chi connectivity index (χ0v) is 10.0. The third-order valence-corrected chi connectivity index (χ3v) is 2.90. The molecule has 0 unspecified atom stereocenters. The lowest BCUT2D eigenvalue weighted by atomic mass is 9.97. The third kappa shape index (κ3) is 3.49. The van der Waals surface area contributed by atoms with E-state index in [1.165, 1.54) is 18.3 Å². The van der Waals surface area contributed by atoms with Gasteiger partial charge in [-0.15, -0.1) is 0 Å². The summed E-state index contributed by atoms with van der Waals surface area (Å²) in [7, 11) is 0. The third-order valence-electron chi connectivity index (χ3n) is 2.90. The number of aromatic nitrogens is 1. The fourth-order valence-corrected chi connectivity index (χ4v) is 1.40. The van der Waals surface area contributed by atoms with Crippen LogP contribution in [0.3, 0.4) is 0 Å². The van der Waals surface area contributed by atoms with E-state index >= 15 is 0 Å². The summed E-state index contributed by atoms with van der Waals surface area (Å²) < 4.78 is 13.2. The average Bonchev–Trinajstić information content (AvgIpc) is 2.36. The van der Waals surface area contributed by atoms with Gasteiger partial charge in [0.2, 0.25) is 5.95 Å². The van der Waals surface area contributed by atoms with Gasteiger partial charge in [-0.3, -0.25) is 4.79 Å². The van der Waals surface area contributed by atoms with Crippen LogP contribution in [0, 0.1) is 5.95 Å². The molecule has 1 heterocycles. The number of halogens is 1. The molecular formula is C12H17FN2O2. The van der Waals surface area contributed by atoms with Gasteiger partial charge in [-0.25, -0.2) is 4.98 Å². The van der Waals surface area contributed by atoms with Crippen molar-refractivity contribution in [3.05, 3.63) is 29.8 Å². The van der Waals surface area contributed by atoms with Crippen molar-refractivity contribution in [2.75, 3.05) is 6.54 Å². The molecule has 0 aliphatic carbocycles. The minimum Gasteiger partial charge on any atom is -0.388 e. The number of pyridine rings is 1. The van der Waals surface area contributed by atoms with Crippen LogP contribution in [0.25, 0.3) is 0 Å². The lowest BCUT2D eigenvalue weighted by molar-refractivity contribution is 0.0313. The molecule has 1 amide bonds. The first-order valence-electron chi connectivity index (χ1n) is 5.63. The highest BCUT2D eigenvalue weighted by molar-refractivity contribution is 5.94. The summed E-state index contributed by atoms with van der Waals surface area (Å²) in [6, 6.07) is 2.85. The maximum absolute atomic E-state index is 13.2. The standard InChI is InChI=1S/C12H17FN2O2/c1-3-12(17,4-2)8-15-11(16)9-6-5-7-14-10(9)13/h5-7,17H,3-4,8H2,1-2H3,(H,15,16). The summed E-state index contributed by atoms with van der Waals surface area (Å²) >= 11 is 0. The quantitative estimate of drug-likeness (QED) is 0.767. The first-order valence-corrected chi connectivity index (χ1v) is 5.63. The Morgan fingerprint density at radius 2 is 2.18 bits per heavy atom. The summed E-state index contributed by atoms with van der Waals surface area (Å²) in [6.45, 7) is 3.77. The normalized spacial score (nSPS) is 11.3. The molecule has 0 aromatic carbocycles. The Balaban J connectivity index is 2.65. The van der Waals surface area contributed by atoms with Crippen LogP contribution in [-0.4, -0.2) is 28.1 Å². The number of hydrogen-bond acceptors (Lipinski definition) is 3. The molecule has 0 aliphatic heterocycles. The van der Waals surface area contributed by atoms with Gasteiger partial charge < -0.3 is 10.4 Å². The molecule has 1 aromatic heterocycles. The SMILES string of the molecule is CCC(O)(CC)CNC(=O)c1cccnc1F. The summed E-state index contributed by atoms with van der Waals surface area (Å²) in [5.74, 6) is -1.36. The molecule has 0 atom stereocenters. The molecule has 0 radical (unpaired) electrons. The number of aliphatic hydroxyl groups is 1. The monoisotopic (exact) mass is 240 g/mol. The molecule has 0 saturated heterocycles. The Bertz CT molecular complexity index is 392. The Labute approximate surface area is 99.9 Å². The van der Waals surface area contributed by atoms with Crippen LogP contribution in [-0.2, 0) is 0 Å². The maximum Gasteiger partial charge on any atom is 0.256 e. The van der Waals surface area contributed by atoms with Crippen molar-refractivity contribution >= 4 is 5.91 Å². The number of amides is 1. The van der Waals surface area contributed by atoms with Gasteiger partial charge in [0.05, 0.1) is 11.2 Å². The summed E-state index contributed by atoms with van der Waals surface area (Å²) in [5.41, 5.74) is -1.05. The smallest absolute Gasteiger partial charge is 0.256 e. The van der Waals surface area contributed by atoms with E-state index in [-0.39, 0.29) is 12.1 Å². The van der Waals surface area contributed by atoms with Crippen molar-refractivity contribution in [3.63, 3.8) is 0 Å². The van der Waals surface area contributed by atoms with E-state index in [0.29, 0.717) is 12.8 Å². The minimum atomic E-state index is -0.936. The van der Waals surface area contributed by atoms with Gasteiger partial charge in [0, 0.05) is 12.7 Å². The molecule has 1 rings (SSSR count). The van der Waals surface area contributed by atoms with Crippen molar-refractivity contribution in [1.29, 1.82) is 0 Å². The van der Waals surface area contributed by atoms with E-state index in [2.05, 4.69) is 10.3 Å². The second-order valence-electron chi connectivity index (χ2n) is 3.96.